The minimum Gasteiger partial charge on any atom is -0.373 e. The van der Waals surface area contributed by atoms with Crippen molar-refractivity contribution >= 4 is 6.03 Å². The first kappa shape index (κ1) is 16.9. The molecule has 25 heavy (non-hydrogen) atoms. The first-order valence-corrected chi connectivity index (χ1v) is 9.68. The molecule has 0 bridgehead atoms. The lowest BCUT2D eigenvalue weighted by Crippen LogP contribution is -2.52. The van der Waals surface area contributed by atoms with Crippen LogP contribution in [0.4, 0.5) is 4.79 Å². The molecule has 2 amide bonds. The average Bonchev–Trinajstić information content (AvgIpc) is 3.27. The van der Waals surface area contributed by atoms with Gasteiger partial charge in [0.25, 0.3) is 0 Å². The van der Waals surface area contributed by atoms with E-state index in [-0.39, 0.29) is 17.7 Å². The molecule has 3 saturated heterocycles. The fraction of sp³-hybridized carbons (Fsp3) is 0.650. The van der Waals surface area contributed by atoms with Crippen LogP contribution in [0.2, 0.25) is 0 Å². The maximum Gasteiger partial charge on any atom is 0.317 e. The number of benzene rings is 1. The topological polar surface area (TPSA) is 44.8 Å². The second-order valence-electron chi connectivity index (χ2n) is 7.81. The SMILES string of the molecule is O=C(N[C@H]1CCO[C@@]2(CCN(Cc3ccccc3)C2)C1)N1CCCC1. The highest BCUT2D eigenvalue weighted by atomic mass is 16.5. The summed E-state index contributed by atoms with van der Waals surface area (Å²) in [5.41, 5.74) is 1.28. The van der Waals surface area contributed by atoms with Crippen LogP contribution in [-0.4, -0.2) is 60.3 Å². The summed E-state index contributed by atoms with van der Waals surface area (Å²) in [4.78, 5) is 16.8. The Hall–Kier alpha value is -1.59. The van der Waals surface area contributed by atoms with Gasteiger partial charge in [-0.05, 0) is 37.7 Å². The van der Waals surface area contributed by atoms with Crippen LogP contribution in [0, 0.1) is 0 Å². The van der Waals surface area contributed by atoms with E-state index in [1.54, 1.807) is 0 Å². The number of urea groups is 1. The van der Waals surface area contributed by atoms with Gasteiger partial charge in [-0.25, -0.2) is 4.79 Å². The number of ether oxygens (including phenoxy) is 1. The van der Waals surface area contributed by atoms with Crippen LogP contribution in [0.3, 0.4) is 0 Å². The average molecular weight is 343 g/mol. The van der Waals surface area contributed by atoms with Crippen LogP contribution in [0.25, 0.3) is 0 Å². The molecule has 0 radical (unpaired) electrons. The van der Waals surface area contributed by atoms with Gasteiger partial charge >= 0.3 is 6.03 Å². The molecule has 1 aromatic rings. The first-order valence-electron chi connectivity index (χ1n) is 9.68. The number of hydrogen-bond donors (Lipinski definition) is 1. The Morgan fingerprint density at radius 3 is 2.80 bits per heavy atom. The lowest BCUT2D eigenvalue weighted by Gasteiger charge is -2.39. The van der Waals surface area contributed by atoms with E-state index in [1.165, 1.54) is 5.56 Å². The van der Waals surface area contributed by atoms with E-state index in [0.717, 1.165) is 71.4 Å². The van der Waals surface area contributed by atoms with Gasteiger partial charge in [0.15, 0.2) is 0 Å². The van der Waals surface area contributed by atoms with Gasteiger partial charge in [0.05, 0.1) is 5.60 Å². The van der Waals surface area contributed by atoms with Gasteiger partial charge in [0.2, 0.25) is 0 Å². The molecule has 5 nitrogen and oxygen atoms in total. The second kappa shape index (κ2) is 7.34. The largest absolute Gasteiger partial charge is 0.373 e. The Morgan fingerprint density at radius 1 is 1.20 bits per heavy atom. The summed E-state index contributed by atoms with van der Waals surface area (Å²) in [6.45, 7) is 5.59. The molecular formula is C20H29N3O2. The van der Waals surface area contributed by atoms with Gasteiger partial charge in [-0.2, -0.15) is 0 Å². The van der Waals surface area contributed by atoms with E-state index in [0.29, 0.717) is 0 Å². The number of rotatable bonds is 3. The normalized spacial score (nSPS) is 30.1. The molecule has 4 rings (SSSR count). The maximum absolute atomic E-state index is 12.4. The predicted octanol–water partition coefficient (Wildman–Crippen LogP) is 2.62. The highest BCUT2D eigenvalue weighted by Crippen LogP contribution is 2.35. The van der Waals surface area contributed by atoms with Crippen LogP contribution in [0.15, 0.2) is 30.3 Å². The summed E-state index contributed by atoms with van der Waals surface area (Å²) in [6, 6.07) is 11.0. The van der Waals surface area contributed by atoms with E-state index in [2.05, 4.69) is 40.5 Å². The van der Waals surface area contributed by atoms with Crippen molar-refractivity contribution in [3.63, 3.8) is 0 Å². The van der Waals surface area contributed by atoms with Crippen LogP contribution in [0.1, 0.15) is 37.7 Å². The summed E-state index contributed by atoms with van der Waals surface area (Å²) in [5.74, 6) is 0. The van der Waals surface area contributed by atoms with Gasteiger partial charge in [0, 0.05) is 45.4 Å². The highest BCUT2D eigenvalue weighted by molar-refractivity contribution is 5.74. The number of hydrogen-bond acceptors (Lipinski definition) is 3. The standard InChI is InChI=1S/C20H29N3O2/c24-19(23-10-4-5-11-23)21-18-8-13-25-20(14-18)9-12-22(16-20)15-17-6-2-1-3-7-17/h1-3,6-7,18H,4-5,8-16H2,(H,21,24)/t18-,20-/m0/s1. The second-order valence-corrected chi connectivity index (χ2v) is 7.81. The molecular weight excluding hydrogens is 314 g/mol. The van der Waals surface area contributed by atoms with Crippen molar-refractivity contribution in [2.24, 2.45) is 0 Å². The zero-order chi connectivity index (χ0) is 17.1. The summed E-state index contributed by atoms with van der Waals surface area (Å²) >= 11 is 0. The van der Waals surface area contributed by atoms with Crippen molar-refractivity contribution in [2.45, 2.75) is 50.3 Å². The Morgan fingerprint density at radius 2 is 2.00 bits per heavy atom. The molecule has 3 aliphatic heterocycles. The van der Waals surface area contributed by atoms with E-state index in [1.807, 2.05) is 4.90 Å². The van der Waals surface area contributed by atoms with Crippen molar-refractivity contribution in [1.29, 1.82) is 0 Å². The zero-order valence-electron chi connectivity index (χ0n) is 15.0. The molecule has 1 aromatic carbocycles. The number of nitrogens with one attached hydrogen (secondary N) is 1. The summed E-state index contributed by atoms with van der Waals surface area (Å²) in [7, 11) is 0. The predicted molar refractivity (Wildman–Crippen MR) is 97.4 cm³/mol. The summed E-state index contributed by atoms with van der Waals surface area (Å²) in [6.07, 6.45) is 5.22. The molecule has 3 aliphatic rings. The third-order valence-electron chi connectivity index (χ3n) is 5.86. The van der Waals surface area contributed by atoms with E-state index in [4.69, 9.17) is 4.74 Å². The maximum atomic E-state index is 12.4. The number of carbonyl (C=O) groups excluding carboxylic acids is 1. The molecule has 1 N–H and O–H groups in total. The highest BCUT2D eigenvalue weighted by Gasteiger charge is 2.43. The Balaban J connectivity index is 1.32. The Kier molecular flexibility index (Phi) is 4.95. The van der Waals surface area contributed by atoms with Gasteiger partial charge in [-0.1, -0.05) is 30.3 Å². The third-order valence-corrected chi connectivity index (χ3v) is 5.86. The van der Waals surface area contributed by atoms with Crippen LogP contribution >= 0.6 is 0 Å². The van der Waals surface area contributed by atoms with Gasteiger partial charge < -0.3 is 15.0 Å². The van der Waals surface area contributed by atoms with E-state index < -0.39 is 0 Å². The monoisotopic (exact) mass is 343 g/mol. The lowest BCUT2D eigenvalue weighted by atomic mass is 9.89. The zero-order valence-corrected chi connectivity index (χ0v) is 15.0. The molecule has 5 heteroatoms. The van der Waals surface area contributed by atoms with Crippen molar-refractivity contribution in [2.75, 3.05) is 32.8 Å². The molecule has 0 saturated carbocycles. The van der Waals surface area contributed by atoms with E-state index >= 15 is 0 Å². The number of nitrogens with zero attached hydrogens (tertiary/aromatic N) is 2. The van der Waals surface area contributed by atoms with Crippen LogP contribution in [0.5, 0.6) is 0 Å². The number of carbonyl (C=O) groups is 1. The van der Waals surface area contributed by atoms with Crippen molar-refractivity contribution < 1.29 is 9.53 Å². The van der Waals surface area contributed by atoms with Crippen LogP contribution in [-0.2, 0) is 11.3 Å². The molecule has 0 aromatic heterocycles. The summed E-state index contributed by atoms with van der Waals surface area (Å²) < 4.78 is 6.23. The Bertz CT molecular complexity index is 588. The molecule has 2 atom stereocenters. The minimum absolute atomic E-state index is 0.0734. The Labute approximate surface area is 150 Å². The lowest BCUT2D eigenvalue weighted by molar-refractivity contribution is -0.0792. The first-order chi connectivity index (χ1) is 12.2. The number of amides is 2. The molecule has 0 aliphatic carbocycles. The minimum atomic E-state index is -0.0734. The van der Waals surface area contributed by atoms with Gasteiger partial charge in [0.1, 0.15) is 0 Å². The third kappa shape index (κ3) is 3.98. The fourth-order valence-corrected chi connectivity index (χ4v) is 4.53. The number of likely N-dealkylation sites (tertiary alicyclic amines) is 2. The fourth-order valence-electron chi connectivity index (χ4n) is 4.53. The van der Waals surface area contributed by atoms with Crippen LogP contribution < -0.4 is 5.32 Å². The van der Waals surface area contributed by atoms with Gasteiger partial charge in [-0.3, -0.25) is 4.90 Å². The van der Waals surface area contributed by atoms with Crippen molar-refractivity contribution in [1.82, 2.24) is 15.1 Å². The molecule has 3 fully saturated rings. The molecule has 3 heterocycles. The van der Waals surface area contributed by atoms with Gasteiger partial charge in [-0.15, -0.1) is 0 Å². The quantitative estimate of drug-likeness (QED) is 0.918. The van der Waals surface area contributed by atoms with Crippen molar-refractivity contribution in [3.05, 3.63) is 35.9 Å². The van der Waals surface area contributed by atoms with Crippen molar-refractivity contribution in [3.8, 4) is 0 Å². The smallest absolute Gasteiger partial charge is 0.317 e. The molecule has 136 valence electrons. The van der Waals surface area contributed by atoms with E-state index in [9.17, 15) is 4.79 Å². The summed E-state index contributed by atoms with van der Waals surface area (Å²) in [5, 5.41) is 3.26. The molecule has 0 unspecified atom stereocenters. The molecule has 1 spiro atoms.